The third-order valence-corrected chi connectivity index (χ3v) is 7.37. The fraction of sp³-hybridized carbons (Fsp3) is 0.231. The topological polar surface area (TPSA) is 93.5 Å². The molecule has 0 saturated carbocycles. The number of nitrogens with zero attached hydrogens (tertiary/aromatic N) is 3. The van der Waals surface area contributed by atoms with E-state index < -0.39 is 10.0 Å². The Morgan fingerprint density at radius 3 is 2.49 bits per heavy atom. The maximum Gasteiger partial charge on any atom is 0.262 e. The van der Waals surface area contributed by atoms with Crippen LogP contribution in [0.25, 0.3) is 11.0 Å². The van der Waals surface area contributed by atoms with Crippen LogP contribution in [-0.2, 0) is 23.1 Å². The number of rotatable bonds is 8. The number of imidazole rings is 1. The second-order valence-electron chi connectivity index (χ2n) is 8.24. The molecule has 0 bridgehead atoms. The van der Waals surface area contributed by atoms with E-state index >= 15 is 0 Å². The molecule has 1 aromatic heterocycles. The molecule has 4 rings (SSSR count). The molecule has 1 N–H and O–H groups in total. The van der Waals surface area contributed by atoms with E-state index in [1.165, 1.54) is 6.07 Å². The number of fused-ring (bicyclic) bond motifs is 1. The van der Waals surface area contributed by atoms with Gasteiger partial charge < -0.3 is 14.2 Å². The van der Waals surface area contributed by atoms with Gasteiger partial charge >= 0.3 is 0 Å². The average molecular weight is 493 g/mol. The lowest BCUT2D eigenvalue weighted by Crippen LogP contribution is -2.28. The van der Waals surface area contributed by atoms with Crippen molar-refractivity contribution < 1.29 is 17.9 Å². The van der Waals surface area contributed by atoms with Gasteiger partial charge in [0.15, 0.2) is 0 Å². The Morgan fingerprint density at radius 2 is 1.80 bits per heavy atom. The number of amides is 1. The van der Waals surface area contributed by atoms with Crippen molar-refractivity contribution in [3.8, 4) is 5.75 Å². The van der Waals surface area contributed by atoms with E-state index in [4.69, 9.17) is 4.74 Å². The second-order valence-corrected chi connectivity index (χ2v) is 9.89. The molecular weight excluding hydrogens is 464 g/mol. The maximum absolute atomic E-state index is 13.2. The minimum Gasteiger partial charge on any atom is -0.497 e. The number of nitrogens with one attached hydrogen (secondary N) is 1. The van der Waals surface area contributed by atoms with E-state index in [0.717, 1.165) is 23.4 Å². The van der Waals surface area contributed by atoms with Crippen molar-refractivity contribution in [2.45, 2.75) is 31.8 Å². The van der Waals surface area contributed by atoms with Gasteiger partial charge in [-0.1, -0.05) is 18.2 Å². The van der Waals surface area contributed by atoms with Gasteiger partial charge in [0.25, 0.3) is 15.9 Å². The van der Waals surface area contributed by atoms with Gasteiger partial charge in [-0.3, -0.25) is 9.52 Å². The molecule has 0 aliphatic heterocycles. The molecule has 0 atom stereocenters. The van der Waals surface area contributed by atoms with Crippen LogP contribution in [0.2, 0.25) is 0 Å². The SMILES string of the molecule is CCn1c(CN(C)C(=O)c2ccc(C)c(S(=O)(=O)Nc3ccc(OC)cc3)c2)nc2ccccc21. The minimum absolute atomic E-state index is 0.0494. The predicted molar refractivity (Wildman–Crippen MR) is 136 cm³/mol. The number of carbonyl (C=O) groups is 1. The lowest BCUT2D eigenvalue weighted by Gasteiger charge is -2.19. The number of carbonyl (C=O) groups excluding carboxylic acids is 1. The van der Waals surface area contributed by atoms with E-state index in [1.54, 1.807) is 62.4 Å². The molecule has 0 aliphatic carbocycles. The number of benzene rings is 3. The van der Waals surface area contributed by atoms with Crippen LogP contribution in [0.5, 0.6) is 5.75 Å². The number of ether oxygens (including phenoxy) is 1. The van der Waals surface area contributed by atoms with Crippen molar-refractivity contribution >= 4 is 32.7 Å². The summed E-state index contributed by atoms with van der Waals surface area (Å²) in [6.45, 7) is 4.75. The standard InChI is InChI=1S/C26H28N4O4S/c1-5-30-23-9-7-6-8-22(23)27-25(30)17-29(3)26(31)19-11-10-18(2)24(16-19)35(32,33)28-20-12-14-21(34-4)15-13-20/h6-16,28H,5,17H2,1-4H3. The zero-order valence-electron chi connectivity index (χ0n) is 20.1. The molecule has 3 aromatic carbocycles. The van der Waals surface area contributed by atoms with E-state index in [1.807, 2.05) is 31.2 Å². The Bertz CT molecular complexity index is 1480. The first-order valence-electron chi connectivity index (χ1n) is 11.2. The average Bonchev–Trinajstić information content (AvgIpc) is 3.20. The summed E-state index contributed by atoms with van der Waals surface area (Å²) in [7, 11) is -0.683. The molecular formula is C26H28N4O4S. The Labute approximate surface area is 205 Å². The van der Waals surface area contributed by atoms with Crippen LogP contribution >= 0.6 is 0 Å². The van der Waals surface area contributed by atoms with E-state index in [2.05, 4.69) is 14.3 Å². The lowest BCUT2D eigenvalue weighted by molar-refractivity contribution is 0.0780. The molecule has 182 valence electrons. The van der Waals surface area contributed by atoms with E-state index in [0.29, 0.717) is 23.5 Å². The number of methoxy groups -OCH3 is 1. The number of hydrogen-bond acceptors (Lipinski definition) is 5. The van der Waals surface area contributed by atoms with Crippen LogP contribution in [0, 0.1) is 6.92 Å². The van der Waals surface area contributed by atoms with Gasteiger partial charge in [0.1, 0.15) is 11.6 Å². The third-order valence-electron chi connectivity index (χ3n) is 5.84. The van der Waals surface area contributed by atoms with Gasteiger partial charge in [-0.25, -0.2) is 13.4 Å². The fourth-order valence-electron chi connectivity index (χ4n) is 4.00. The molecule has 35 heavy (non-hydrogen) atoms. The molecule has 1 heterocycles. The molecule has 0 unspecified atom stereocenters. The Hall–Kier alpha value is -3.85. The van der Waals surface area contributed by atoms with Crippen molar-refractivity contribution in [3.63, 3.8) is 0 Å². The fourth-order valence-corrected chi connectivity index (χ4v) is 5.33. The molecule has 0 saturated heterocycles. The van der Waals surface area contributed by atoms with Gasteiger partial charge in [-0.2, -0.15) is 0 Å². The Morgan fingerprint density at radius 1 is 1.09 bits per heavy atom. The number of sulfonamides is 1. The summed E-state index contributed by atoms with van der Waals surface area (Å²) >= 11 is 0. The molecule has 8 nitrogen and oxygen atoms in total. The molecule has 9 heteroatoms. The predicted octanol–water partition coefficient (Wildman–Crippen LogP) is 4.45. The minimum atomic E-state index is -3.91. The van der Waals surface area contributed by atoms with Gasteiger partial charge in [0.2, 0.25) is 0 Å². The summed E-state index contributed by atoms with van der Waals surface area (Å²) in [5.74, 6) is 1.10. The second kappa shape index (κ2) is 9.79. The van der Waals surface area contributed by atoms with Gasteiger partial charge in [-0.05, 0) is 67.9 Å². The molecule has 4 aromatic rings. The normalized spacial score (nSPS) is 11.4. The highest BCUT2D eigenvalue weighted by molar-refractivity contribution is 7.92. The quantitative estimate of drug-likeness (QED) is 0.392. The largest absolute Gasteiger partial charge is 0.497 e. The van der Waals surface area contributed by atoms with Crippen molar-refractivity contribution in [1.82, 2.24) is 14.5 Å². The smallest absolute Gasteiger partial charge is 0.262 e. The number of hydrogen-bond donors (Lipinski definition) is 1. The van der Waals surface area contributed by atoms with Gasteiger partial charge in [-0.15, -0.1) is 0 Å². The number of aromatic nitrogens is 2. The van der Waals surface area contributed by atoms with Crippen molar-refractivity contribution in [3.05, 3.63) is 83.7 Å². The van der Waals surface area contributed by atoms with Crippen molar-refractivity contribution in [1.29, 1.82) is 0 Å². The monoisotopic (exact) mass is 492 g/mol. The molecule has 0 aliphatic rings. The number of para-hydroxylation sites is 2. The summed E-state index contributed by atoms with van der Waals surface area (Å²) in [5.41, 5.74) is 3.11. The van der Waals surface area contributed by atoms with Crippen LogP contribution < -0.4 is 9.46 Å². The van der Waals surface area contributed by atoms with Crippen molar-refractivity contribution in [2.75, 3.05) is 18.9 Å². The van der Waals surface area contributed by atoms with Crippen molar-refractivity contribution in [2.24, 2.45) is 0 Å². The highest BCUT2D eigenvalue weighted by Crippen LogP contribution is 2.24. The highest BCUT2D eigenvalue weighted by Gasteiger charge is 2.22. The van der Waals surface area contributed by atoms with Gasteiger partial charge in [0.05, 0.1) is 29.6 Å². The molecule has 0 spiro atoms. The van der Waals surface area contributed by atoms with Crippen LogP contribution in [0.3, 0.4) is 0 Å². The summed E-state index contributed by atoms with van der Waals surface area (Å²) in [5, 5.41) is 0. The summed E-state index contributed by atoms with van der Waals surface area (Å²) < 4.78 is 36.0. The van der Waals surface area contributed by atoms with Crippen LogP contribution in [0.4, 0.5) is 5.69 Å². The van der Waals surface area contributed by atoms with Crippen LogP contribution in [0.15, 0.2) is 71.6 Å². The summed E-state index contributed by atoms with van der Waals surface area (Å²) in [6, 6.07) is 19.1. The maximum atomic E-state index is 13.2. The third kappa shape index (κ3) is 5.00. The van der Waals surface area contributed by atoms with Gasteiger partial charge in [0, 0.05) is 24.8 Å². The Kier molecular flexibility index (Phi) is 6.79. The van der Waals surface area contributed by atoms with E-state index in [-0.39, 0.29) is 16.4 Å². The van der Waals surface area contributed by atoms with Crippen LogP contribution in [0.1, 0.15) is 28.7 Å². The first-order valence-corrected chi connectivity index (χ1v) is 12.7. The molecule has 0 fully saturated rings. The summed E-state index contributed by atoms with van der Waals surface area (Å²) in [4.78, 5) is 19.5. The van der Waals surface area contributed by atoms with E-state index in [9.17, 15) is 13.2 Å². The first-order chi connectivity index (χ1) is 16.7. The zero-order valence-corrected chi connectivity index (χ0v) is 21.0. The first kappa shape index (κ1) is 24.3. The summed E-state index contributed by atoms with van der Waals surface area (Å²) in [6.07, 6.45) is 0. The van der Waals surface area contributed by atoms with Crippen LogP contribution in [-0.4, -0.2) is 42.9 Å². The zero-order chi connectivity index (χ0) is 25.2. The molecule has 1 amide bonds. The molecule has 0 radical (unpaired) electrons. The Balaban J connectivity index is 1.58. The lowest BCUT2D eigenvalue weighted by atomic mass is 10.1. The highest BCUT2D eigenvalue weighted by atomic mass is 32.2. The number of aryl methyl sites for hydroxylation is 2. The number of anilines is 1.